The van der Waals surface area contributed by atoms with Crippen molar-refractivity contribution < 1.29 is 37.3 Å². The maximum Gasteiger partial charge on any atom is 0.306 e. The van der Waals surface area contributed by atoms with Crippen LogP contribution in [0, 0.1) is 0 Å². The zero-order valence-corrected chi connectivity index (χ0v) is 41.0. The number of likely N-dealkylation sites (N-methyl/N-ethyl adjacent to an activating group) is 1. The summed E-state index contributed by atoms with van der Waals surface area (Å²) in [7, 11) is 1.34. The molecule has 0 N–H and O–H groups in total. The fraction of sp³-hybridized carbons (Fsp3) is 0.750. The van der Waals surface area contributed by atoms with E-state index in [-0.39, 0.29) is 25.8 Å². The van der Waals surface area contributed by atoms with Crippen LogP contribution >= 0.6 is 7.82 Å². The Morgan fingerprint density at radius 1 is 0.525 bits per heavy atom. The molecule has 0 heterocycles. The van der Waals surface area contributed by atoms with Crippen molar-refractivity contribution in [1.29, 1.82) is 0 Å². The van der Waals surface area contributed by atoms with Crippen LogP contribution in [0.1, 0.15) is 194 Å². The van der Waals surface area contributed by atoms with Gasteiger partial charge < -0.3 is 27.9 Å². The lowest BCUT2D eigenvalue weighted by molar-refractivity contribution is -0.870. The molecule has 0 amide bonds. The van der Waals surface area contributed by atoms with Gasteiger partial charge in [0.25, 0.3) is 7.82 Å². The number of nitrogens with zero attached hydrogens (tertiary/aromatic N) is 1. The molecule has 0 bridgehead atoms. The summed E-state index contributed by atoms with van der Waals surface area (Å²) in [4.78, 5) is 25.1. The van der Waals surface area contributed by atoms with Gasteiger partial charge >= 0.3 is 5.97 Å². The van der Waals surface area contributed by atoms with Crippen LogP contribution < -0.4 is 4.89 Å². The van der Waals surface area contributed by atoms with Crippen LogP contribution in [0.15, 0.2) is 72.9 Å². The zero-order valence-electron chi connectivity index (χ0n) is 40.1. The third kappa shape index (κ3) is 48.8. The number of quaternary nitrogens is 1. The number of carbonyl (C=O) groups is 1. The topological polar surface area (TPSA) is 94.1 Å². The first-order chi connectivity index (χ1) is 29.6. The van der Waals surface area contributed by atoms with Crippen molar-refractivity contribution >= 4 is 13.8 Å². The number of phosphoric acid groups is 1. The van der Waals surface area contributed by atoms with Gasteiger partial charge in [0.1, 0.15) is 19.3 Å². The maximum absolute atomic E-state index is 12.7. The van der Waals surface area contributed by atoms with E-state index in [1.54, 1.807) is 0 Å². The van der Waals surface area contributed by atoms with Crippen LogP contribution in [0.25, 0.3) is 0 Å². The molecule has 61 heavy (non-hydrogen) atoms. The van der Waals surface area contributed by atoms with Crippen LogP contribution in [0.3, 0.4) is 0 Å². The number of hydrogen-bond acceptors (Lipinski definition) is 7. The Morgan fingerprint density at radius 2 is 0.951 bits per heavy atom. The number of unbranched alkanes of at least 4 members (excludes halogenated alkanes) is 19. The highest BCUT2D eigenvalue weighted by atomic mass is 31.2. The zero-order chi connectivity index (χ0) is 44.8. The van der Waals surface area contributed by atoms with Gasteiger partial charge in [0.15, 0.2) is 0 Å². The monoisotopic (exact) mass is 876 g/mol. The maximum atomic E-state index is 12.7. The van der Waals surface area contributed by atoms with Gasteiger partial charge in [0.05, 0.1) is 34.4 Å². The Labute approximate surface area is 376 Å². The SMILES string of the molecule is CC/C=C\C/C=C\C/C=C\C/C=C\C/C=C\C/C=C\CCCCCCCCC(=O)OC(COCCCCCCCCCCCCCCCC)COP(=O)([O-])OCC[N+](C)(C)C. The largest absolute Gasteiger partial charge is 0.756 e. The number of ether oxygens (including phenoxy) is 2. The molecule has 0 aromatic rings. The van der Waals surface area contributed by atoms with Gasteiger partial charge in [-0.3, -0.25) is 9.36 Å². The van der Waals surface area contributed by atoms with E-state index in [9.17, 15) is 14.3 Å². The third-order valence-corrected chi connectivity index (χ3v) is 11.2. The molecule has 2 atom stereocenters. The van der Waals surface area contributed by atoms with Gasteiger partial charge in [0.2, 0.25) is 0 Å². The lowest BCUT2D eigenvalue weighted by Gasteiger charge is -2.28. The van der Waals surface area contributed by atoms with Crippen LogP contribution in [0.4, 0.5) is 0 Å². The molecule has 0 saturated carbocycles. The molecule has 0 aromatic heterocycles. The predicted molar refractivity (Wildman–Crippen MR) is 259 cm³/mol. The van der Waals surface area contributed by atoms with Crippen molar-refractivity contribution in [2.45, 2.75) is 200 Å². The molecule has 0 saturated heterocycles. The normalized spacial score (nSPS) is 14.3. The van der Waals surface area contributed by atoms with Gasteiger partial charge in [0, 0.05) is 13.0 Å². The molecular formula is C52H94NO7P. The molecule has 9 heteroatoms. The van der Waals surface area contributed by atoms with Crippen molar-refractivity contribution in [3.8, 4) is 0 Å². The first kappa shape index (κ1) is 58.9. The van der Waals surface area contributed by atoms with Gasteiger partial charge in [-0.25, -0.2) is 0 Å². The molecule has 0 aliphatic heterocycles. The third-order valence-electron chi connectivity index (χ3n) is 10.3. The van der Waals surface area contributed by atoms with E-state index < -0.39 is 13.9 Å². The molecule has 0 fully saturated rings. The smallest absolute Gasteiger partial charge is 0.306 e. The average molecular weight is 876 g/mol. The Kier molecular flexibility index (Phi) is 43.0. The van der Waals surface area contributed by atoms with Gasteiger partial charge in [-0.15, -0.1) is 0 Å². The fourth-order valence-electron chi connectivity index (χ4n) is 6.49. The molecular weight excluding hydrogens is 782 g/mol. The minimum Gasteiger partial charge on any atom is -0.756 e. The summed E-state index contributed by atoms with van der Waals surface area (Å²) in [6.45, 7) is 5.28. The van der Waals surface area contributed by atoms with E-state index in [4.69, 9.17) is 18.5 Å². The van der Waals surface area contributed by atoms with E-state index in [2.05, 4.69) is 86.8 Å². The second-order valence-corrected chi connectivity index (χ2v) is 18.9. The first-order valence-electron chi connectivity index (χ1n) is 24.7. The summed E-state index contributed by atoms with van der Waals surface area (Å²) < 4.78 is 34.7. The van der Waals surface area contributed by atoms with Gasteiger partial charge in [-0.2, -0.15) is 0 Å². The first-order valence-corrected chi connectivity index (χ1v) is 26.1. The number of rotatable bonds is 45. The summed E-state index contributed by atoms with van der Waals surface area (Å²) >= 11 is 0. The van der Waals surface area contributed by atoms with Crippen molar-refractivity contribution in [3.63, 3.8) is 0 Å². The Bertz CT molecular complexity index is 1200. The Hall–Kier alpha value is -2.06. The van der Waals surface area contributed by atoms with Crippen molar-refractivity contribution in [2.24, 2.45) is 0 Å². The highest BCUT2D eigenvalue weighted by Gasteiger charge is 2.20. The standard InChI is InChI=1S/C52H94NO7P/c1-6-8-10-12-14-16-18-20-22-23-24-25-26-27-28-29-30-31-32-33-35-37-39-41-43-45-52(54)60-51(50-59-61(55,56)58-48-46-53(3,4)5)49-57-47-44-42-40-38-36-34-21-19-17-15-13-11-9-7-2/h8,10,14,16,20,22,24-25,27-28,30-31,51H,6-7,9,11-13,15,17-19,21,23,26,29,32-50H2,1-5H3/b10-8-,16-14-,22-20-,25-24-,28-27-,31-30-. The van der Waals surface area contributed by atoms with Crippen LogP contribution in [0.5, 0.6) is 0 Å². The lowest BCUT2D eigenvalue weighted by atomic mass is 10.0. The quantitative estimate of drug-likeness (QED) is 0.0198. The lowest BCUT2D eigenvalue weighted by Crippen LogP contribution is -2.37. The van der Waals surface area contributed by atoms with Gasteiger partial charge in [-0.05, 0) is 64.2 Å². The van der Waals surface area contributed by atoms with E-state index in [0.717, 1.165) is 83.5 Å². The molecule has 0 aliphatic rings. The molecule has 354 valence electrons. The number of esters is 1. The molecule has 0 spiro atoms. The number of allylic oxidation sites excluding steroid dienone is 12. The number of carbonyl (C=O) groups excluding carboxylic acids is 1. The molecule has 0 aliphatic carbocycles. The predicted octanol–water partition coefficient (Wildman–Crippen LogP) is 14.4. The van der Waals surface area contributed by atoms with E-state index in [0.29, 0.717) is 24.1 Å². The summed E-state index contributed by atoms with van der Waals surface area (Å²) in [5.74, 6) is -0.349. The Morgan fingerprint density at radius 3 is 1.43 bits per heavy atom. The minimum atomic E-state index is -4.53. The van der Waals surface area contributed by atoms with Crippen LogP contribution in [-0.2, 0) is 27.9 Å². The van der Waals surface area contributed by atoms with Crippen molar-refractivity contribution in [3.05, 3.63) is 72.9 Å². The second kappa shape index (κ2) is 44.5. The highest BCUT2D eigenvalue weighted by Crippen LogP contribution is 2.38. The molecule has 0 rings (SSSR count). The average Bonchev–Trinajstić information content (AvgIpc) is 3.22. The van der Waals surface area contributed by atoms with Crippen molar-refractivity contribution in [2.75, 3.05) is 54.1 Å². The van der Waals surface area contributed by atoms with E-state index in [1.807, 2.05) is 21.1 Å². The summed E-state index contributed by atoms with van der Waals surface area (Å²) in [6.07, 6.45) is 57.7. The van der Waals surface area contributed by atoms with Crippen LogP contribution in [0.2, 0.25) is 0 Å². The highest BCUT2D eigenvalue weighted by molar-refractivity contribution is 7.45. The minimum absolute atomic E-state index is 0.0207. The number of phosphoric ester groups is 1. The summed E-state index contributed by atoms with van der Waals surface area (Å²) in [5.41, 5.74) is 0. The molecule has 0 radical (unpaired) electrons. The second-order valence-electron chi connectivity index (χ2n) is 17.4. The molecule has 0 aromatic carbocycles. The van der Waals surface area contributed by atoms with E-state index in [1.165, 1.54) is 89.9 Å². The molecule has 2 unspecified atom stereocenters. The van der Waals surface area contributed by atoms with E-state index >= 15 is 0 Å². The number of hydrogen-bond donors (Lipinski definition) is 0. The fourth-order valence-corrected chi connectivity index (χ4v) is 7.22. The Balaban J connectivity index is 4.19. The van der Waals surface area contributed by atoms with Gasteiger partial charge in [-0.1, -0.05) is 196 Å². The summed E-state index contributed by atoms with van der Waals surface area (Å²) in [5, 5.41) is 0. The summed E-state index contributed by atoms with van der Waals surface area (Å²) in [6, 6.07) is 0. The van der Waals surface area contributed by atoms with Crippen molar-refractivity contribution in [1.82, 2.24) is 0 Å². The molecule has 8 nitrogen and oxygen atoms in total. The van der Waals surface area contributed by atoms with Crippen LogP contribution in [-0.4, -0.2) is 70.7 Å².